The smallest absolute Gasteiger partial charge is 0.327 e. The highest BCUT2D eigenvalue weighted by Gasteiger charge is 2.33. The zero-order valence-corrected chi connectivity index (χ0v) is 17.9. The number of carbonyl (C=O) groups excluding carboxylic acids is 1. The highest BCUT2D eigenvalue weighted by Crippen LogP contribution is 2.46. The molecule has 0 radical (unpaired) electrons. The first kappa shape index (κ1) is 22.4. The molecule has 1 N–H and O–H groups in total. The summed E-state index contributed by atoms with van der Waals surface area (Å²) in [6.07, 6.45) is 1.52. The molecule has 0 saturated carbocycles. The minimum Gasteiger partial charge on any atom is -0.493 e. The molecule has 1 saturated heterocycles. The van der Waals surface area contributed by atoms with Crippen LogP contribution in [0.15, 0.2) is 36.4 Å². The number of benzene rings is 2. The van der Waals surface area contributed by atoms with Crippen molar-refractivity contribution in [3.63, 3.8) is 0 Å². The fraction of sp³-hybridized carbons (Fsp3) is 0.409. The van der Waals surface area contributed by atoms with Crippen molar-refractivity contribution in [3.05, 3.63) is 57.6 Å². The second-order valence-corrected chi connectivity index (χ2v) is 7.31. The molecule has 0 aromatic heterocycles. The van der Waals surface area contributed by atoms with Crippen LogP contribution in [0.3, 0.4) is 0 Å². The van der Waals surface area contributed by atoms with Crippen molar-refractivity contribution in [2.24, 2.45) is 0 Å². The van der Waals surface area contributed by atoms with Gasteiger partial charge in [0.1, 0.15) is 5.56 Å². The van der Waals surface area contributed by atoms with Crippen LogP contribution in [-0.4, -0.2) is 56.2 Å². The van der Waals surface area contributed by atoms with Crippen LogP contribution in [0.1, 0.15) is 28.8 Å². The number of nitrogens with one attached hydrogen (secondary N) is 1. The maximum Gasteiger partial charge on any atom is 0.327 e. The molecular formula is C22H27N3O6. The van der Waals surface area contributed by atoms with Gasteiger partial charge in [-0.2, -0.15) is 0 Å². The number of ether oxygens (including phenoxy) is 3. The molecule has 0 unspecified atom stereocenters. The first-order chi connectivity index (χ1) is 15.0. The Bertz CT molecular complexity index is 927. The largest absolute Gasteiger partial charge is 0.493 e. The molecule has 1 fully saturated rings. The van der Waals surface area contributed by atoms with Gasteiger partial charge in [0.25, 0.3) is 5.91 Å². The molecule has 31 heavy (non-hydrogen) atoms. The summed E-state index contributed by atoms with van der Waals surface area (Å²) in [5.74, 6) is -0.419. The zero-order chi connectivity index (χ0) is 22.4. The molecule has 1 heterocycles. The molecule has 0 spiro atoms. The Morgan fingerprint density at radius 2 is 1.74 bits per heavy atom. The molecule has 166 valence electrons. The van der Waals surface area contributed by atoms with E-state index in [2.05, 4.69) is 22.3 Å². The first-order valence-corrected chi connectivity index (χ1v) is 10.0. The summed E-state index contributed by atoms with van der Waals surface area (Å²) in [4.78, 5) is 26.4. The van der Waals surface area contributed by atoms with E-state index in [1.54, 1.807) is 0 Å². The van der Waals surface area contributed by atoms with E-state index in [4.69, 9.17) is 14.2 Å². The Labute approximate surface area is 181 Å². The number of nitrogens with zero attached hydrogens (tertiary/aromatic N) is 2. The van der Waals surface area contributed by atoms with Crippen molar-refractivity contribution in [2.75, 3.05) is 34.4 Å². The maximum absolute atomic E-state index is 13.0. The number of amides is 1. The quantitative estimate of drug-likeness (QED) is 0.508. The third-order valence-corrected chi connectivity index (χ3v) is 5.40. The molecule has 1 aliphatic heterocycles. The third kappa shape index (κ3) is 5.05. The lowest BCUT2D eigenvalue weighted by Crippen LogP contribution is -2.44. The van der Waals surface area contributed by atoms with Gasteiger partial charge >= 0.3 is 5.69 Å². The highest BCUT2D eigenvalue weighted by molar-refractivity contribution is 6.00. The number of methoxy groups -OCH3 is 3. The van der Waals surface area contributed by atoms with Crippen molar-refractivity contribution in [1.29, 1.82) is 0 Å². The van der Waals surface area contributed by atoms with E-state index < -0.39 is 16.5 Å². The molecule has 0 bridgehead atoms. The van der Waals surface area contributed by atoms with E-state index in [1.807, 2.05) is 18.2 Å². The van der Waals surface area contributed by atoms with Crippen LogP contribution in [-0.2, 0) is 6.54 Å². The third-order valence-electron chi connectivity index (χ3n) is 5.40. The molecule has 1 aliphatic rings. The zero-order valence-electron chi connectivity index (χ0n) is 17.9. The van der Waals surface area contributed by atoms with E-state index in [9.17, 15) is 14.9 Å². The average Bonchev–Trinajstić information content (AvgIpc) is 2.79. The summed E-state index contributed by atoms with van der Waals surface area (Å²) in [5.41, 5.74) is 0.684. The van der Waals surface area contributed by atoms with Gasteiger partial charge < -0.3 is 19.5 Å². The normalized spacial score (nSPS) is 14.7. The fourth-order valence-electron chi connectivity index (χ4n) is 3.84. The number of hydrogen-bond donors (Lipinski definition) is 1. The molecule has 0 atom stereocenters. The number of hydrogen-bond acceptors (Lipinski definition) is 7. The molecule has 9 nitrogen and oxygen atoms in total. The van der Waals surface area contributed by atoms with Crippen molar-refractivity contribution >= 4 is 11.6 Å². The topological polar surface area (TPSA) is 103 Å². The highest BCUT2D eigenvalue weighted by atomic mass is 16.6. The van der Waals surface area contributed by atoms with Gasteiger partial charge in [0.05, 0.1) is 26.3 Å². The van der Waals surface area contributed by atoms with E-state index >= 15 is 0 Å². The van der Waals surface area contributed by atoms with Gasteiger partial charge in [-0.05, 0) is 18.4 Å². The molecule has 3 rings (SSSR count). The van der Waals surface area contributed by atoms with Gasteiger partial charge in [-0.25, -0.2) is 0 Å². The predicted molar refractivity (Wildman–Crippen MR) is 115 cm³/mol. The molecule has 2 aromatic carbocycles. The number of rotatable bonds is 8. The van der Waals surface area contributed by atoms with Crippen LogP contribution in [0.5, 0.6) is 17.2 Å². The van der Waals surface area contributed by atoms with Crippen LogP contribution in [0, 0.1) is 10.1 Å². The van der Waals surface area contributed by atoms with Gasteiger partial charge in [-0.15, -0.1) is 0 Å². The van der Waals surface area contributed by atoms with Crippen LogP contribution < -0.4 is 19.5 Å². The van der Waals surface area contributed by atoms with Gasteiger partial charge in [0, 0.05) is 31.7 Å². The second-order valence-electron chi connectivity index (χ2n) is 7.31. The van der Waals surface area contributed by atoms with Crippen LogP contribution in [0.2, 0.25) is 0 Å². The van der Waals surface area contributed by atoms with Crippen molar-refractivity contribution in [1.82, 2.24) is 10.2 Å². The van der Waals surface area contributed by atoms with Crippen molar-refractivity contribution in [3.8, 4) is 17.2 Å². The van der Waals surface area contributed by atoms with Gasteiger partial charge in [0.15, 0.2) is 5.75 Å². The lowest BCUT2D eigenvalue weighted by molar-refractivity contribution is -0.386. The van der Waals surface area contributed by atoms with E-state index in [0.717, 1.165) is 32.5 Å². The van der Waals surface area contributed by atoms with Crippen LogP contribution in [0.4, 0.5) is 5.69 Å². The Hall–Kier alpha value is -3.33. The van der Waals surface area contributed by atoms with E-state index in [1.165, 1.54) is 33.0 Å². The Kier molecular flexibility index (Phi) is 7.30. The second kappa shape index (κ2) is 10.1. The van der Waals surface area contributed by atoms with E-state index in [-0.39, 0.29) is 28.9 Å². The maximum atomic E-state index is 13.0. The molecule has 0 aliphatic carbocycles. The van der Waals surface area contributed by atoms with Gasteiger partial charge in [-0.3, -0.25) is 19.8 Å². The summed E-state index contributed by atoms with van der Waals surface area (Å²) in [6.45, 7) is 2.52. The number of carbonyl (C=O) groups is 1. The molecule has 9 heteroatoms. The minimum atomic E-state index is -0.641. The first-order valence-electron chi connectivity index (χ1n) is 10.0. The Balaban J connectivity index is 1.72. The number of nitro groups is 1. The van der Waals surface area contributed by atoms with Crippen molar-refractivity contribution < 1.29 is 23.9 Å². The minimum absolute atomic E-state index is 0.0711. The summed E-state index contributed by atoms with van der Waals surface area (Å²) in [6, 6.07) is 11.5. The number of piperidine rings is 1. The Morgan fingerprint density at radius 3 is 2.29 bits per heavy atom. The van der Waals surface area contributed by atoms with Gasteiger partial charge in [-0.1, -0.05) is 30.3 Å². The monoisotopic (exact) mass is 429 g/mol. The lowest BCUT2D eigenvalue weighted by Gasteiger charge is -2.32. The fourth-order valence-corrected chi connectivity index (χ4v) is 3.84. The predicted octanol–water partition coefficient (Wildman–Crippen LogP) is 3.02. The van der Waals surface area contributed by atoms with Crippen LogP contribution >= 0.6 is 0 Å². The molecule has 2 aromatic rings. The standard InChI is InChI=1S/C22H27N3O6/c1-29-18-13-17(19(25(27)28)21(31-3)20(18)30-2)22(26)23-16-9-11-24(12-10-16)14-15-7-5-4-6-8-15/h4-8,13,16H,9-12,14H2,1-3H3,(H,23,26). The van der Waals surface area contributed by atoms with Crippen molar-refractivity contribution in [2.45, 2.75) is 25.4 Å². The van der Waals surface area contributed by atoms with Crippen LogP contribution in [0.25, 0.3) is 0 Å². The summed E-state index contributed by atoms with van der Waals surface area (Å²) in [5, 5.41) is 14.7. The summed E-state index contributed by atoms with van der Waals surface area (Å²) in [7, 11) is 4.04. The van der Waals surface area contributed by atoms with E-state index in [0.29, 0.717) is 0 Å². The SMILES string of the molecule is COc1cc(C(=O)NC2CCN(Cc3ccccc3)CC2)c([N+](=O)[O-])c(OC)c1OC. The Morgan fingerprint density at radius 1 is 1.10 bits per heavy atom. The molecular weight excluding hydrogens is 402 g/mol. The number of likely N-dealkylation sites (tertiary alicyclic amines) is 1. The number of nitro benzene ring substituents is 1. The summed E-state index contributed by atoms with van der Waals surface area (Å²) >= 11 is 0. The average molecular weight is 429 g/mol. The van der Waals surface area contributed by atoms with Gasteiger partial charge in [0.2, 0.25) is 11.5 Å². The summed E-state index contributed by atoms with van der Waals surface area (Å²) < 4.78 is 15.6. The lowest BCUT2D eigenvalue weighted by atomic mass is 10.0. The molecule has 1 amide bonds.